The maximum Gasteiger partial charge on any atom is 0.305 e. The van der Waals surface area contributed by atoms with Crippen LogP contribution in [0.1, 0.15) is 303 Å². The van der Waals surface area contributed by atoms with E-state index in [-0.39, 0.29) is 18.5 Å². The molecule has 0 spiro atoms. The highest BCUT2D eigenvalue weighted by molar-refractivity contribution is 5.76. The molecule has 0 fully saturated rings. The molecule has 0 aliphatic heterocycles. The van der Waals surface area contributed by atoms with Crippen molar-refractivity contribution in [3.05, 3.63) is 12.2 Å². The van der Waals surface area contributed by atoms with E-state index in [4.69, 9.17) is 4.74 Å². The molecular formula is C55H107NO5. The number of rotatable bonds is 51. The maximum atomic E-state index is 12.5. The van der Waals surface area contributed by atoms with Crippen LogP contribution >= 0.6 is 0 Å². The average Bonchev–Trinajstić information content (AvgIpc) is 3.26. The number of carbonyl (C=O) groups is 2. The molecule has 2 unspecified atom stereocenters. The molecule has 61 heavy (non-hydrogen) atoms. The molecule has 6 nitrogen and oxygen atoms in total. The van der Waals surface area contributed by atoms with Crippen molar-refractivity contribution in [1.82, 2.24) is 5.32 Å². The zero-order valence-corrected chi connectivity index (χ0v) is 41.2. The molecule has 0 rings (SSSR count). The van der Waals surface area contributed by atoms with Gasteiger partial charge in [0.25, 0.3) is 0 Å². The summed E-state index contributed by atoms with van der Waals surface area (Å²) in [6, 6.07) is -0.566. The zero-order chi connectivity index (χ0) is 44.4. The van der Waals surface area contributed by atoms with Crippen molar-refractivity contribution in [1.29, 1.82) is 0 Å². The number of nitrogens with one attached hydrogen (secondary N) is 1. The van der Waals surface area contributed by atoms with E-state index >= 15 is 0 Å². The molecule has 0 aromatic heterocycles. The zero-order valence-electron chi connectivity index (χ0n) is 41.2. The summed E-state index contributed by atoms with van der Waals surface area (Å²) in [5.41, 5.74) is 0. The van der Waals surface area contributed by atoms with E-state index < -0.39 is 12.1 Å². The highest BCUT2D eigenvalue weighted by Crippen LogP contribution is 2.17. The number of amides is 1. The minimum absolute atomic E-state index is 0.0340. The van der Waals surface area contributed by atoms with Gasteiger partial charge in [0, 0.05) is 12.8 Å². The Balaban J connectivity index is 3.51. The van der Waals surface area contributed by atoms with Gasteiger partial charge in [0.15, 0.2) is 0 Å². The third kappa shape index (κ3) is 47.9. The molecule has 362 valence electrons. The van der Waals surface area contributed by atoms with Crippen LogP contribution in [0.15, 0.2) is 12.2 Å². The number of hydrogen-bond donors (Lipinski definition) is 3. The molecular weight excluding hydrogens is 755 g/mol. The second kappa shape index (κ2) is 51.2. The van der Waals surface area contributed by atoms with E-state index in [1.165, 1.54) is 193 Å². The van der Waals surface area contributed by atoms with E-state index in [1.54, 1.807) is 0 Å². The average molecular weight is 862 g/mol. The fourth-order valence-corrected chi connectivity index (χ4v) is 8.58. The van der Waals surface area contributed by atoms with Crippen LogP contribution < -0.4 is 5.32 Å². The van der Waals surface area contributed by atoms with Crippen LogP contribution in [-0.2, 0) is 14.3 Å². The first-order valence-corrected chi connectivity index (χ1v) is 27.4. The summed E-state index contributed by atoms with van der Waals surface area (Å²) in [5, 5.41) is 23.3. The van der Waals surface area contributed by atoms with Gasteiger partial charge in [-0.1, -0.05) is 251 Å². The lowest BCUT2D eigenvalue weighted by molar-refractivity contribution is -0.143. The van der Waals surface area contributed by atoms with Crippen molar-refractivity contribution >= 4 is 11.9 Å². The summed E-state index contributed by atoms with van der Waals surface area (Å²) in [5.74, 6) is -0.101. The van der Waals surface area contributed by atoms with Gasteiger partial charge in [-0.15, -0.1) is 0 Å². The standard InChI is InChI=1S/C55H107NO5/c1-3-5-7-9-11-13-15-17-18-19-20-21-22-23-24-26-27-31-35-39-43-47-53(58)52(51-57)56-54(59)48-44-40-36-32-29-30-34-38-42-46-50-61-55(60)49-45-41-37-33-28-25-16-14-12-10-8-6-4-2/h30,34,52-53,57-58H,3-29,31-33,35-51H2,1-2H3,(H,56,59)/b34-30-. The Bertz CT molecular complexity index is 909. The summed E-state index contributed by atoms with van der Waals surface area (Å²) < 4.78 is 5.43. The number of unbranched alkanes of at least 4 members (excludes halogenated alkanes) is 38. The first-order valence-electron chi connectivity index (χ1n) is 27.4. The fourth-order valence-electron chi connectivity index (χ4n) is 8.58. The van der Waals surface area contributed by atoms with Gasteiger partial charge in [-0.05, 0) is 51.4 Å². The number of esters is 1. The molecule has 6 heteroatoms. The Morgan fingerprint density at radius 1 is 0.443 bits per heavy atom. The van der Waals surface area contributed by atoms with E-state index in [9.17, 15) is 19.8 Å². The van der Waals surface area contributed by atoms with Crippen molar-refractivity contribution in [3.63, 3.8) is 0 Å². The summed E-state index contributed by atoms with van der Waals surface area (Å²) >= 11 is 0. The molecule has 0 saturated carbocycles. The Morgan fingerprint density at radius 3 is 1.16 bits per heavy atom. The monoisotopic (exact) mass is 862 g/mol. The smallest absolute Gasteiger partial charge is 0.305 e. The molecule has 2 atom stereocenters. The van der Waals surface area contributed by atoms with Crippen LogP contribution in [-0.4, -0.2) is 47.4 Å². The van der Waals surface area contributed by atoms with Gasteiger partial charge in [-0.3, -0.25) is 9.59 Å². The van der Waals surface area contributed by atoms with Crippen molar-refractivity contribution < 1.29 is 24.5 Å². The van der Waals surface area contributed by atoms with Crippen LogP contribution in [0.4, 0.5) is 0 Å². The second-order valence-corrected chi connectivity index (χ2v) is 18.9. The molecule has 0 radical (unpaired) electrons. The third-order valence-corrected chi connectivity index (χ3v) is 12.8. The van der Waals surface area contributed by atoms with Crippen molar-refractivity contribution in [2.24, 2.45) is 0 Å². The highest BCUT2D eigenvalue weighted by atomic mass is 16.5. The quantitative estimate of drug-likeness (QED) is 0.0322. The molecule has 0 saturated heterocycles. The maximum absolute atomic E-state index is 12.5. The number of ether oxygens (including phenoxy) is 1. The number of allylic oxidation sites excluding steroid dienone is 2. The van der Waals surface area contributed by atoms with Gasteiger partial charge in [0.05, 0.1) is 25.4 Å². The van der Waals surface area contributed by atoms with E-state index in [0.717, 1.165) is 77.0 Å². The number of aliphatic hydroxyl groups excluding tert-OH is 2. The molecule has 0 aromatic rings. The van der Waals surface area contributed by atoms with E-state index in [1.807, 2.05) is 0 Å². The first kappa shape index (κ1) is 59.6. The summed E-state index contributed by atoms with van der Waals surface area (Å²) in [6.07, 6.45) is 59.1. The number of hydrogen-bond acceptors (Lipinski definition) is 5. The Kier molecular flexibility index (Phi) is 50.1. The molecule has 0 aliphatic carbocycles. The summed E-state index contributed by atoms with van der Waals surface area (Å²) in [7, 11) is 0. The van der Waals surface area contributed by atoms with Crippen LogP contribution in [0.5, 0.6) is 0 Å². The normalized spacial score (nSPS) is 12.7. The number of carbonyl (C=O) groups excluding carboxylic acids is 2. The lowest BCUT2D eigenvalue weighted by Gasteiger charge is -2.22. The molecule has 0 heterocycles. The van der Waals surface area contributed by atoms with Gasteiger partial charge in [-0.25, -0.2) is 0 Å². The SMILES string of the molecule is CCCCCCCCCCCCCCCCCCCCCCCC(O)C(CO)NC(=O)CCCCCC/C=C\CCCCOC(=O)CCCCCCCCCCCCCCC. The predicted molar refractivity (Wildman–Crippen MR) is 264 cm³/mol. The van der Waals surface area contributed by atoms with Gasteiger partial charge in [-0.2, -0.15) is 0 Å². The third-order valence-electron chi connectivity index (χ3n) is 12.8. The molecule has 1 amide bonds. The molecule has 0 aliphatic rings. The van der Waals surface area contributed by atoms with Gasteiger partial charge in [0.2, 0.25) is 5.91 Å². The fraction of sp³-hybridized carbons (Fsp3) is 0.927. The summed E-state index contributed by atoms with van der Waals surface area (Å²) in [6.45, 7) is 4.88. The largest absolute Gasteiger partial charge is 0.466 e. The lowest BCUT2D eigenvalue weighted by atomic mass is 10.0. The minimum atomic E-state index is -0.685. The van der Waals surface area contributed by atoms with E-state index in [0.29, 0.717) is 25.9 Å². The lowest BCUT2D eigenvalue weighted by Crippen LogP contribution is -2.45. The first-order chi connectivity index (χ1) is 30.0. The topological polar surface area (TPSA) is 95.9 Å². The molecule has 0 aromatic carbocycles. The molecule has 3 N–H and O–H groups in total. The van der Waals surface area contributed by atoms with Crippen molar-refractivity contribution in [2.45, 2.75) is 315 Å². The predicted octanol–water partition coefficient (Wildman–Crippen LogP) is 16.5. The van der Waals surface area contributed by atoms with Gasteiger partial charge >= 0.3 is 5.97 Å². The van der Waals surface area contributed by atoms with Gasteiger partial charge in [0.1, 0.15) is 0 Å². The van der Waals surface area contributed by atoms with Crippen molar-refractivity contribution in [3.8, 4) is 0 Å². The van der Waals surface area contributed by atoms with Crippen LogP contribution in [0, 0.1) is 0 Å². The Morgan fingerprint density at radius 2 is 0.770 bits per heavy atom. The molecule has 0 bridgehead atoms. The van der Waals surface area contributed by atoms with E-state index in [2.05, 4.69) is 31.3 Å². The summed E-state index contributed by atoms with van der Waals surface area (Å²) in [4.78, 5) is 24.5. The second-order valence-electron chi connectivity index (χ2n) is 18.9. The van der Waals surface area contributed by atoms with Crippen molar-refractivity contribution in [2.75, 3.05) is 13.2 Å². The Labute approximate surface area is 380 Å². The van der Waals surface area contributed by atoms with Crippen LogP contribution in [0.3, 0.4) is 0 Å². The van der Waals surface area contributed by atoms with Crippen LogP contribution in [0.2, 0.25) is 0 Å². The van der Waals surface area contributed by atoms with Gasteiger partial charge < -0.3 is 20.3 Å². The number of aliphatic hydroxyl groups is 2. The highest BCUT2D eigenvalue weighted by Gasteiger charge is 2.20. The van der Waals surface area contributed by atoms with Crippen LogP contribution in [0.25, 0.3) is 0 Å². The Hall–Kier alpha value is -1.40. The minimum Gasteiger partial charge on any atom is -0.466 e.